The molecule has 1 unspecified atom stereocenters. The molecule has 1 saturated heterocycles. The van der Waals surface area contributed by atoms with Gasteiger partial charge in [0.25, 0.3) is 0 Å². The number of anilines is 1. The number of aromatic nitrogens is 3. The number of pyridine rings is 1. The number of rotatable bonds is 3. The van der Waals surface area contributed by atoms with E-state index < -0.39 is 6.23 Å². The van der Waals surface area contributed by atoms with Crippen LogP contribution in [0.4, 0.5) is 10.2 Å². The van der Waals surface area contributed by atoms with E-state index in [9.17, 15) is 9.50 Å². The Hall–Kier alpha value is -3.03. The van der Waals surface area contributed by atoms with Gasteiger partial charge in [0.15, 0.2) is 5.82 Å². The van der Waals surface area contributed by atoms with Crippen LogP contribution in [0, 0.1) is 5.82 Å². The van der Waals surface area contributed by atoms with Crippen LogP contribution in [0.1, 0.15) is 18.7 Å². The fourth-order valence-corrected chi connectivity index (χ4v) is 3.94. The fourth-order valence-electron chi connectivity index (χ4n) is 3.94. The predicted molar refractivity (Wildman–Crippen MR) is 107 cm³/mol. The second-order valence-corrected chi connectivity index (χ2v) is 7.21. The first-order chi connectivity index (χ1) is 13.6. The summed E-state index contributed by atoms with van der Waals surface area (Å²) in [6, 6.07) is 12.3. The van der Waals surface area contributed by atoms with Crippen LogP contribution < -0.4 is 5.73 Å². The number of hydrogen-bond acceptors (Lipinski definition) is 5. The van der Waals surface area contributed by atoms with Crippen molar-refractivity contribution in [3.8, 4) is 11.1 Å². The minimum atomic E-state index is -0.427. The van der Waals surface area contributed by atoms with E-state index >= 15 is 0 Å². The summed E-state index contributed by atoms with van der Waals surface area (Å²) in [5.41, 5.74) is 9.55. The Bertz CT molecular complexity index is 1190. The number of benzene rings is 2. The summed E-state index contributed by atoms with van der Waals surface area (Å²) in [5.74, 6) is 0.802. The molecule has 5 rings (SSSR count). The molecule has 28 heavy (non-hydrogen) atoms. The van der Waals surface area contributed by atoms with Crippen molar-refractivity contribution in [2.75, 3.05) is 12.3 Å². The third-order valence-electron chi connectivity index (χ3n) is 5.37. The lowest BCUT2D eigenvalue weighted by Crippen LogP contribution is -2.28. The highest BCUT2D eigenvalue weighted by Crippen LogP contribution is 2.31. The Morgan fingerprint density at radius 1 is 1.21 bits per heavy atom. The molecule has 0 amide bonds. The van der Waals surface area contributed by atoms with Crippen LogP contribution in [0.3, 0.4) is 0 Å². The van der Waals surface area contributed by atoms with E-state index in [1.54, 1.807) is 12.1 Å². The third kappa shape index (κ3) is 2.80. The van der Waals surface area contributed by atoms with Crippen molar-refractivity contribution < 1.29 is 9.50 Å². The number of likely N-dealkylation sites (tertiary alicyclic amines) is 1. The SMILES string of the molecule is Nc1nc2cc(-c3ccccc3F)ccc2c2[nH]c(CN3CCCC3O)nc12. The van der Waals surface area contributed by atoms with Gasteiger partial charge in [-0.1, -0.05) is 30.3 Å². The monoisotopic (exact) mass is 377 g/mol. The number of nitrogens with one attached hydrogen (secondary N) is 1. The van der Waals surface area contributed by atoms with Gasteiger partial charge in [-0.25, -0.2) is 14.4 Å². The first-order valence-corrected chi connectivity index (χ1v) is 9.35. The van der Waals surface area contributed by atoms with Crippen LogP contribution in [0.5, 0.6) is 0 Å². The molecule has 0 bridgehead atoms. The van der Waals surface area contributed by atoms with Crippen LogP contribution in [-0.4, -0.2) is 37.7 Å². The Morgan fingerprint density at radius 2 is 2.07 bits per heavy atom. The summed E-state index contributed by atoms with van der Waals surface area (Å²) in [4.78, 5) is 14.4. The standard InChI is InChI=1S/C21H20FN5O/c22-15-5-2-1-4-13(15)12-7-8-14-16(10-12)24-21(23)20-19(14)25-17(26-20)11-27-9-3-6-18(27)28/h1-2,4-5,7-8,10,18,28H,3,6,9,11H2,(H2,23,24)(H,25,26). The quantitative estimate of drug-likeness (QED) is 0.509. The Kier molecular flexibility index (Phi) is 3.99. The molecule has 6 nitrogen and oxygen atoms in total. The first kappa shape index (κ1) is 17.1. The van der Waals surface area contributed by atoms with Crippen molar-refractivity contribution in [1.29, 1.82) is 0 Å². The first-order valence-electron chi connectivity index (χ1n) is 9.35. The number of nitrogens with two attached hydrogens (primary N) is 1. The van der Waals surface area contributed by atoms with Crippen LogP contribution >= 0.6 is 0 Å². The maximum atomic E-state index is 14.1. The number of aliphatic hydroxyl groups is 1. The largest absolute Gasteiger partial charge is 0.382 e. The number of nitrogen functional groups attached to an aromatic ring is 1. The van der Waals surface area contributed by atoms with Gasteiger partial charge >= 0.3 is 0 Å². The number of fused-ring (bicyclic) bond motifs is 3. The van der Waals surface area contributed by atoms with Crippen molar-refractivity contribution in [3.63, 3.8) is 0 Å². The number of hydrogen-bond donors (Lipinski definition) is 3. The molecule has 0 radical (unpaired) electrons. The van der Waals surface area contributed by atoms with E-state index in [0.29, 0.717) is 29.0 Å². The van der Waals surface area contributed by atoms with Gasteiger partial charge in [-0.15, -0.1) is 0 Å². The summed E-state index contributed by atoms with van der Waals surface area (Å²) >= 11 is 0. The van der Waals surface area contributed by atoms with Crippen molar-refractivity contribution in [1.82, 2.24) is 19.9 Å². The summed E-state index contributed by atoms with van der Waals surface area (Å²) in [5, 5.41) is 10.9. The zero-order valence-electron chi connectivity index (χ0n) is 15.2. The average Bonchev–Trinajstić information content (AvgIpc) is 3.29. The zero-order chi connectivity index (χ0) is 19.3. The van der Waals surface area contributed by atoms with E-state index in [1.165, 1.54) is 6.07 Å². The van der Waals surface area contributed by atoms with Crippen LogP contribution in [0.25, 0.3) is 33.1 Å². The minimum Gasteiger partial charge on any atom is -0.382 e. The molecule has 1 fully saturated rings. The molecule has 2 aromatic heterocycles. The maximum Gasteiger partial charge on any atom is 0.152 e. The molecule has 2 aromatic carbocycles. The number of aliphatic hydroxyl groups excluding tert-OH is 1. The number of H-pyrrole nitrogens is 1. The fraction of sp³-hybridized carbons (Fsp3) is 0.238. The molecular formula is C21H20FN5O. The minimum absolute atomic E-state index is 0.274. The van der Waals surface area contributed by atoms with E-state index in [-0.39, 0.29) is 5.82 Å². The van der Waals surface area contributed by atoms with Gasteiger partial charge in [-0.3, -0.25) is 4.90 Å². The second kappa shape index (κ2) is 6.54. The second-order valence-electron chi connectivity index (χ2n) is 7.21. The van der Waals surface area contributed by atoms with Crippen LogP contribution in [0.15, 0.2) is 42.5 Å². The van der Waals surface area contributed by atoms with Gasteiger partial charge in [-0.2, -0.15) is 0 Å². The highest BCUT2D eigenvalue weighted by molar-refractivity contribution is 6.07. The molecule has 142 valence electrons. The Labute approximate surface area is 160 Å². The number of nitrogens with zero attached hydrogens (tertiary/aromatic N) is 3. The average molecular weight is 377 g/mol. The molecule has 7 heteroatoms. The Balaban J connectivity index is 1.60. The zero-order valence-corrected chi connectivity index (χ0v) is 15.2. The van der Waals surface area contributed by atoms with Gasteiger partial charge < -0.3 is 15.8 Å². The molecule has 4 aromatic rings. The lowest BCUT2D eigenvalue weighted by Gasteiger charge is -2.17. The molecule has 1 aliphatic rings. The van der Waals surface area contributed by atoms with E-state index in [1.807, 2.05) is 29.2 Å². The predicted octanol–water partition coefficient (Wildman–Crippen LogP) is 3.41. The molecule has 0 spiro atoms. The van der Waals surface area contributed by atoms with Gasteiger partial charge in [0.2, 0.25) is 0 Å². The van der Waals surface area contributed by atoms with Gasteiger partial charge in [0, 0.05) is 17.5 Å². The molecule has 1 aliphatic heterocycles. The highest BCUT2D eigenvalue weighted by atomic mass is 19.1. The summed E-state index contributed by atoms with van der Waals surface area (Å²) in [6.07, 6.45) is 1.34. The summed E-state index contributed by atoms with van der Waals surface area (Å²) < 4.78 is 14.1. The Morgan fingerprint density at radius 3 is 2.86 bits per heavy atom. The van der Waals surface area contributed by atoms with Crippen molar-refractivity contribution in [2.45, 2.75) is 25.6 Å². The summed E-state index contributed by atoms with van der Waals surface area (Å²) in [6.45, 7) is 1.38. The van der Waals surface area contributed by atoms with E-state index in [2.05, 4.69) is 15.0 Å². The van der Waals surface area contributed by atoms with Gasteiger partial charge in [0.1, 0.15) is 23.4 Å². The normalized spacial score (nSPS) is 17.7. The third-order valence-corrected chi connectivity index (χ3v) is 5.37. The van der Waals surface area contributed by atoms with Crippen LogP contribution in [0.2, 0.25) is 0 Å². The molecule has 1 atom stereocenters. The van der Waals surface area contributed by atoms with Gasteiger partial charge in [0.05, 0.1) is 17.6 Å². The number of aromatic amines is 1. The molecule has 0 aliphatic carbocycles. The van der Waals surface area contributed by atoms with Crippen molar-refractivity contribution in [3.05, 3.63) is 54.1 Å². The smallest absolute Gasteiger partial charge is 0.152 e. The van der Waals surface area contributed by atoms with E-state index in [0.717, 1.165) is 41.7 Å². The van der Waals surface area contributed by atoms with Crippen molar-refractivity contribution >= 4 is 27.8 Å². The number of halogens is 1. The van der Waals surface area contributed by atoms with Crippen molar-refractivity contribution in [2.24, 2.45) is 0 Å². The van der Waals surface area contributed by atoms with Gasteiger partial charge in [-0.05, 0) is 30.5 Å². The maximum absolute atomic E-state index is 14.1. The number of imidazole rings is 1. The molecule has 0 saturated carbocycles. The lowest BCUT2D eigenvalue weighted by molar-refractivity contribution is 0.0314. The molecule has 3 heterocycles. The van der Waals surface area contributed by atoms with E-state index in [4.69, 9.17) is 5.73 Å². The molecular weight excluding hydrogens is 357 g/mol. The highest BCUT2D eigenvalue weighted by Gasteiger charge is 2.23. The lowest BCUT2D eigenvalue weighted by atomic mass is 10.0. The van der Waals surface area contributed by atoms with Crippen LogP contribution in [-0.2, 0) is 6.54 Å². The molecule has 4 N–H and O–H groups in total. The summed E-state index contributed by atoms with van der Waals surface area (Å²) in [7, 11) is 0. The topological polar surface area (TPSA) is 91.1 Å².